The summed E-state index contributed by atoms with van der Waals surface area (Å²) in [6.45, 7) is 0. The van der Waals surface area contributed by atoms with E-state index in [0.29, 0.717) is 0 Å². The fourth-order valence-electron chi connectivity index (χ4n) is 1.36. The second-order valence-electron chi connectivity index (χ2n) is 3.56. The van der Waals surface area contributed by atoms with Crippen molar-refractivity contribution in [3.8, 4) is 0 Å². The molecule has 0 bridgehead atoms. The van der Waals surface area contributed by atoms with Gasteiger partial charge in [-0.05, 0) is 29.5 Å². The Balaban J connectivity index is 3.11. The molecule has 0 spiro atoms. The second kappa shape index (κ2) is 6.69. The number of ketones is 1. The highest BCUT2D eigenvalue weighted by Crippen LogP contribution is 2.39. The molecule has 0 aliphatic heterocycles. The molecule has 0 N–H and O–H groups in total. The first-order valence-corrected chi connectivity index (χ1v) is 6.91. The van der Waals surface area contributed by atoms with Crippen molar-refractivity contribution in [2.75, 3.05) is 5.33 Å². The molecule has 8 heteroatoms. The van der Waals surface area contributed by atoms with Gasteiger partial charge in [0.05, 0.1) is 5.33 Å². The Morgan fingerprint density at radius 1 is 1.32 bits per heavy atom. The van der Waals surface area contributed by atoms with Gasteiger partial charge in [-0.2, -0.15) is 13.2 Å². The molecule has 1 aromatic rings. The number of Topliss-reactive ketones (excluding diaryl/α,β-unsaturated/α-hetero) is 1. The standard InChI is InChI=1S/C11H8BrF5OS/c12-5-8(18)4-7-3-6(10(13)14)1-2-9(7)19-11(15,16)17/h1-3,10H,4-5H2. The summed E-state index contributed by atoms with van der Waals surface area (Å²) in [7, 11) is 0. The van der Waals surface area contributed by atoms with Crippen LogP contribution in [0, 0.1) is 0 Å². The van der Waals surface area contributed by atoms with E-state index in [4.69, 9.17) is 0 Å². The van der Waals surface area contributed by atoms with E-state index >= 15 is 0 Å². The van der Waals surface area contributed by atoms with E-state index in [-0.39, 0.29) is 28.0 Å². The minimum Gasteiger partial charge on any atom is -0.298 e. The number of carbonyl (C=O) groups excluding carboxylic acids is 1. The highest BCUT2D eigenvalue weighted by atomic mass is 79.9. The second-order valence-corrected chi connectivity index (χ2v) is 5.23. The predicted molar refractivity (Wildman–Crippen MR) is 65.8 cm³/mol. The first-order valence-electron chi connectivity index (χ1n) is 4.97. The molecule has 0 aromatic heterocycles. The van der Waals surface area contributed by atoms with Gasteiger partial charge in [0.15, 0.2) is 0 Å². The molecule has 0 saturated heterocycles. The zero-order valence-electron chi connectivity index (χ0n) is 9.31. The Hall–Kier alpha value is -0.630. The molecule has 0 heterocycles. The van der Waals surface area contributed by atoms with Crippen LogP contribution in [-0.4, -0.2) is 16.6 Å². The quantitative estimate of drug-likeness (QED) is 0.427. The van der Waals surface area contributed by atoms with Crippen molar-refractivity contribution in [1.82, 2.24) is 0 Å². The zero-order chi connectivity index (χ0) is 14.6. The molecule has 1 rings (SSSR count). The molecule has 19 heavy (non-hydrogen) atoms. The van der Waals surface area contributed by atoms with Crippen molar-refractivity contribution >= 4 is 33.5 Å². The lowest BCUT2D eigenvalue weighted by molar-refractivity contribution is -0.115. The smallest absolute Gasteiger partial charge is 0.298 e. The van der Waals surface area contributed by atoms with Gasteiger partial charge in [0.25, 0.3) is 6.43 Å². The molecule has 1 nitrogen and oxygen atoms in total. The van der Waals surface area contributed by atoms with Crippen molar-refractivity contribution in [3.63, 3.8) is 0 Å². The van der Waals surface area contributed by atoms with Crippen molar-refractivity contribution in [3.05, 3.63) is 29.3 Å². The number of hydrogen-bond donors (Lipinski definition) is 0. The number of benzene rings is 1. The minimum absolute atomic E-state index is 0.0374. The van der Waals surface area contributed by atoms with Gasteiger partial charge in [-0.1, -0.05) is 22.0 Å². The fraction of sp³-hybridized carbons (Fsp3) is 0.364. The lowest BCUT2D eigenvalue weighted by Gasteiger charge is -2.12. The van der Waals surface area contributed by atoms with Crippen molar-refractivity contribution in [2.45, 2.75) is 23.3 Å². The van der Waals surface area contributed by atoms with Crippen LogP contribution in [0.1, 0.15) is 17.6 Å². The predicted octanol–water partition coefficient (Wildman–Crippen LogP) is 4.74. The van der Waals surface area contributed by atoms with Gasteiger partial charge < -0.3 is 0 Å². The van der Waals surface area contributed by atoms with Gasteiger partial charge in [-0.3, -0.25) is 4.79 Å². The van der Waals surface area contributed by atoms with E-state index in [2.05, 4.69) is 15.9 Å². The van der Waals surface area contributed by atoms with E-state index < -0.39 is 29.3 Å². The summed E-state index contributed by atoms with van der Waals surface area (Å²) in [6, 6.07) is 2.84. The van der Waals surface area contributed by atoms with Crippen molar-refractivity contribution in [1.29, 1.82) is 0 Å². The lowest BCUT2D eigenvalue weighted by Crippen LogP contribution is -2.07. The summed E-state index contributed by atoms with van der Waals surface area (Å²) < 4.78 is 62.0. The van der Waals surface area contributed by atoms with Crippen molar-refractivity contribution in [2.24, 2.45) is 0 Å². The maximum absolute atomic E-state index is 12.5. The lowest BCUT2D eigenvalue weighted by atomic mass is 10.1. The van der Waals surface area contributed by atoms with Gasteiger partial charge in [0, 0.05) is 16.9 Å². The van der Waals surface area contributed by atoms with Gasteiger partial charge in [-0.15, -0.1) is 0 Å². The molecular weight excluding hydrogens is 355 g/mol. The van der Waals surface area contributed by atoms with Crippen molar-refractivity contribution < 1.29 is 26.7 Å². The molecule has 1 aromatic carbocycles. The topological polar surface area (TPSA) is 17.1 Å². The number of hydrogen-bond acceptors (Lipinski definition) is 2. The highest BCUT2D eigenvalue weighted by Gasteiger charge is 2.30. The molecule has 0 fully saturated rings. The Labute approximate surface area is 118 Å². The normalized spacial score (nSPS) is 11.9. The van der Waals surface area contributed by atoms with Crippen LogP contribution in [0.25, 0.3) is 0 Å². The molecule has 0 radical (unpaired) electrons. The maximum Gasteiger partial charge on any atom is 0.446 e. The zero-order valence-corrected chi connectivity index (χ0v) is 11.7. The van der Waals surface area contributed by atoms with E-state index in [1.54, 1.807) is 0 Å². The van der Waals surface area contributed by atoms with Crippen LogP contribution in [-0.2, 0) is 11.2 Å². The summed E-state index contributed by atoms with van der Waals surface area (Å²) in [5, 5.41) is -0.0397. The van der Waals surface area contributed by atoms with Crippen LogP contribution < -0.4 is 0 Å². The molecule has 106 valence electrons. The Morgan fingerprint density at radius 2 is 1.95 bits per heavy atom. The monoisotopic (exact) mass is 362 g/mol. The summed E-state index contributed by atoms with van der Waals surface area (Å²) in [5.41, 5.74) is -4.97. The number of carbonyl (C=O) groups is 1. The molecule has 0 atom stereocenters. The Kier molecular flexibility index (Phi) is 5.79. The minimum atomic E-state index is -4.53. The van der Waals surface area contributed by atoms with Gasteiger partial charge in [0.2, 0.25) is 0 Å². The summed E-state index contributed by atoms with van der Waals surface area (Å²) >= 11 is 2.47. The number of halogens is 6. The molecular formula is C11H8BrF5OS. The number of thioether (sulfide) groups is 1. The maximum atomic E-state index is 12.5. The van der Waals surface area contributed by atoms with E-state index in [9.17, 15) is 26.7 Å². The third kappa shape index (κ3) is 5.48. The van der Waals surface area contributed by atoms with E-state index in [1.165, 1.54) is 0 Å². The van der Waals surface area contributed by atoms with Gasteiger partial charge in [-0.25, -0.2) is 8.78 Å². The summed E-state index contributed by atoms with van der Waals surface area (Å²) in [4.78, 5) is 11.0. The number of alkyl halides is 6. The third-order valence-corrected chi connectivity index (χ3v) is 3.57. The fourth-order valence-corrected chi connectivity index (χ4v) is 2.20. The number of rotatable bonds is 5. The largest absolute Gasteiger partial charge is 0.446 e. The highest BCUT2D eigenvalue weighted by molar-refractivity contribution is 9.09. The van der Waals surface area contributed by atoms with Gasteiger partial charge in [0.1, 0.15) is 5.78 Å². The molecule has 0 aliphatic rings. The van der Waals surface area contributed by atoms with Crippen LogP contribution in [0.2, 0.25) is 0 Å². The average Bonchev–Trinajstić information content (AvgIpc) is 2.29. The first kappa shape index (κ1) is 16.4. The van der Waals surface area contributed by atoms with Crippen LogP contribution in [0.5, 0.6) is 0 Å². The Bertz CT molecular complexity index is 461. The average molecular weight is 363 g/mol. The molecule has 0 saturated carbocycles. The van der Waals surface area contributed by atoms with Crippen LogP contribution in [0.4, 0.5) is 22.0 Å². The third-order valence-electron chi connectivity index (χ3n) is 2.10. The van der Waals surface area contributed by atoms with Gasteiger partial charge >= 0.3 is 5.51 Å². The van der Waals surface area contributed by atoms with E-state index in [0.717, 1.165) is 18.2 Å². The van der Waals surface area contributed by atoms with Crippen LogP contribution in [0.15, 0.2) is 23.1 Å². The summed E-state index contributed by atoms with van der Waals surface area (Å²) in [5.74, 6) is -0.379. The summed E-state index contributed by atoms with van der Waals surface area (Å²) in [6.07, 6.45) is -3.10. The van der Waals surface area contributed by atoms with E-state index in [1.807, 2.05) is 0 Å². The van der Waals surface area contributed by atoms with Crippen LogP contribution >= 0.6 is 27.7 Å². The molecule has 0 unspecified atom stereocenters. The Morgan fingerprint density at radius 3 is 2.42 bits per heavy atom. The van der Waals surface area contributed by atoms with Crippen LogP contribution in [0.3, 0.4) is 0 Å². The SMILES string of the molecule is O=C(CBr)Cc1cc(C(F)F)ccc1SC(F)(F)F. The molecule has 0 amide bonds. The molecule has 0 aliphatic carbocycles. The first-order chi connectivity index (χ1) is 8.73.